The molecule has 0 fully saturated rings. The van der Waals surface area contributed by atoms with Gasteiger partial charge < -0.3 is 9.83 Å². The molecule has 0 radical (unpaired) electrons. The molecule has 0 aliphatic rings. The minimum atomic E-state index is 0.726. The van der Waals surface area contributed by atoms with Gasteiger partial charge in [0.1, 0.15) is 5.00 Å². The lowest BCUT2D eigenvalue weighted by molar-refractivity contribution is 0.112. The van der Waals surface area contributed by atoms with E-state index < -0.39 is 0 Å². The molecule has 0 saturated carbocycles. The fourth-order valence-corrected chi connectivity index (χ4v) is 4.71. The second kappa shape index (κ2) is 9.98. The molecule has 0 aliphatic heterocycles. The van der Waals surface area contributed by atoms with E-state index in [9.17, 15) is 4.79 Å². The maximum Gasteiger partial charge on any atom is 0.153 e. The molecule has 1 aromatic carbocycles. The molecule has 2 N–H and O–H groups in total. The maximum absolute atomic E-state index is 11.4. The van der Waals surface area contributed by atoms with Crippen LogP contribution in [-0.4, -0.2) is 18.5 Å². The highest BCUT2D eigenvalue weighted by atomic mass is 35.5. The van der Waals surface area contributed by atoms with E-state index in [4.69, 9.17) is 16.7 Å². The van der Waals surface area contributed by atoms with Crippen LogP contribution in [0.1, 0.15) is 40.2 Å². The van der Waals surface area contributed by atoms with Crippen molar-refractivity contribution < 1.29 is 9.90 Å². The van der Waals surface area contributed by atoms with Gasteiger partial charge in [-0.15, -0.1) is 11.3 Å². The van der Waals surface area contributed by atoms with Crippen LogP contribution >= 0.6 is 34.9 Å². The molecule has 1 heterocycles. The number of hydrogen-bond donors (Lipinski definition) is 2. The van der Waals surface area contributed by atoms with Gasteiger partial charge in [-0.1, -0.05) is 25.4 Å². The lowest BCUT2D eigenvalue weighted by Crippen LogP contribution is -1.93. The number of rotatable bonds is 6. The molecule has 0 unspecified atom stereocenters. The van der Waals surface area contributed by atoms with E-state index in [1.165, 1.54) is 22.4 Å². The highest BCUT2D eigenvalue weighted by molar-refractivity contribution is 8.00. The first-order valence-electron chi connectivity index (χ1n) is 7.33. The molecule has 126 valence electrons. The van der Waals surface area contributed by atoms with Crippen molar-refractivity contribution in [1.29, 1.82) is 0 Å². The minimum Gasteiger partial charge on any atom is -0.400 e. The van der Waals surface area contributed by atoms with Crippen LogP contribution in [0.3, 0.4) is 0 Å². The van der Waals surface area contributed by atoms with Gasteiger partial charge in [0.15, 0.2) is 6.29 Å². The molecule has 2 aromatic rings. The van der Waals surface area contributed by atoms with Crippen molar-refractivity contribution in [3.8, 4) is 0 Å². The Balaban J connectivity index is 0.00000127. The first-order chi connectivity index (χ1) is 11.1. The Hall–Kier alpha value is -1.01. The van der Waals surface area contributed by atoms with Gasteiger partial charge in [-0.05, 0) is 61.0 Å². The van der Waals surface area contributed by atoms with E-state index in [0.29, 0.717) is 0 Å². The van der Waals surface area contributed by atoms with E-state index in [1.807, 2.05) is 19.1 Å². The SMILES string of the molecule is CCc1sc(NSc2cc(C)cc(Cl)c2)c(C=O)c1CC.CO. The Labute approximate surface area is 151 Å². The molecule has 0 saturated heterocycles. The second-order valence-corrected chi connectivity index (χ2v) is 7.16. The molecule has 3 nitrogen and oxygen atoms in total. The summed E-state index contributed by atoms with van der Waals surface area (Å²) in [5, 5.41) is 8.66. The van der Waals surface area contributed by atoms with Crippen molar-refractivity contribution in [1.82, 2.24) is 0 Å². The number of aliphatic hydroxyl groups excluding tert-OH is 1. The largest absolute Gasteiger partial charge is 0.400 e. The number of carbonyl (C=O) groups is 1. The third-order valence-electron chi connectivity index (χ3n) is 3.20. The van der Waals surface area contributed by atoms with Crippen LogP contribution in [-0.2, 0) is 12.8 Å². The predicted octanol–water partition coefficient (Wildman–Crippen LogP) is 5.37. The Morgan fingerprint density at radius 1 is 1.26 bits per heavy atom. The molecule has 0 atom stereocenters. The fraction of sp³-hybridized carbons (Fsp3) is 0.353. The van der Waals surface area contributed by atoms with Crippen molar-refractivity contribution in [3.63, 3.8) is 0 Å². The third-order valence-corrected chi connectivity index (χ3v) is 5.63. The number of halogens is 1. The summed E-state index contributed by atoms with van der Waals surface area (Å²) >= 11 is 9.23. The van der Waals surface area contributed by atoms with Gasteiger partial charge >= 0.3 is 0 Å². The van der Waals surface area contributed by atoms with Crippen LogP contribution in [0, 0.1) is 6.92 Å². The number of nitrogens with one attached hydrogen (secondary N) is 1. The summed E-state index contributed by atoms with van der Waals surface area (Å²) in [6.07, 6.45) is 2.80. The zero-order valence-electron chi connectivity index (χ0n) is 13.8. The fourth-order valence-electron chi connectivity index (χ4n) is 2.27. The minimum absolute atomic E-state index is 0.726. The summed E-state index contributed by atoms with van der Waals surface area (Å²) in [7, 11) is 1.00. The Morgan fingerprint density at radius 3 is 2.48 bits per heavy atom. The standard InChI is InChI=1S/C16H18ClNOS2.CH4O/c1-4-13-14(9-19)16(20-15(13)5-2)18-21-12-7-10(3)6-11(17)8-12;1-2/h6-9,18H,4-5H2,1-3H3;2H,1H3. The van der Waals surface area contributed by atoms with Crippen molar-refractivity contribution in [2.45, 2.75) is 38.5 Å². The number of aliphatic hydroxyl groups is 1. The van der Waals surface area contributed by atoms with Crippen molar-refractivity contribution in [3.05, 3.63) is 44.8 Å². The van der Waals surface area contributed by atoms with Crippen LogP contribution in [0.4, 0.5) is 5.00 Å². The van der Waals surface area contributed by atoms with Crippen molar-refractivity contribution in [2.75, 3.05) is 11.8 Å². The van der Waals surface area contributed by atoms with Crippen LogP contribution in [0.15, 0.2) is 23.1 Å². The number of hydrogen-bond acceptors (Lipinski definition) is 5. The Bertz CT molecular complexity index is 636. The summed E-state index contributed by atoms with van der Waals surface area (Å²) in [6.45, 7) is 6.23. The second-order valence-electron chi connectivity index (χ2n) is 4.74. The van der Waals surface area contributed by atoms with Gasteiger partial charge in [0.2, 0.25) is 0 Å². The van der Waals surface area contributed by atoms with Crippen LogP contribution < -0.4 is 4.72 Å². The third kappa shape index (κ3) is 5.24. The number of anilines is 1. The van der Waals surface area contributed by atoms with E-state index in [0.717, 1.165) is 52.3 Å². The highest BCUT2D eigenvalue weighted by Crippen LogP contribution is 2.36. The summed E-state index contributed by atoms with van der Waals surface area (Å²) < 4.78 is 3.31. The average Bonchev–Trinajstić information content (AvgIpc) is 2.90. The van der Waals surface area contributed by atoms with Gasteiger partial charge in [0.25, 0.3) is 0 Å². The van der Waals surface area contributed by atoms with E-state index in [1.54, 1.807) is 11.3 Å². The van der Waals surface area contributed by atoms with Crippen LogP contribution in [0.25, 0.3) is 0 Å². The number of benzene rings is 1. The molecule has 23 heavy (non-hydrogen) atoms. The van der Waals surface area contributed by atoms with Gasteiger partial charge in [-0.3, -0.25) is 4.79 Å². The van der Waals surface area contributed by atoms with Crippen LogP contribution in [0.2, 0.25) is 5.02 Å². The summed E-state index contributed by atoms with van der Waals surface area (Å²) in [5.74, 6) is 0. The van der Waals surface area contributed by atoms with E-state index in [-0.39, 0.29) is 0 Å². The Morgan fingerprint density at radius 2 is 1.96 bits per heavy atom. The van der Waals surface area contributed by atoms with Gasteiger partial charge in [-0.25, -0.2) is 0 Å². The molecule has 2 rings (SSSR count). The zero-order valence-corrected chi connectivity index (χ0v) is 16.2. The predicted molar refractivity (Wildman–Crippen MR) is 102 cm³/mol. The van der Waals surface area contributed by atoms with E-state index >= 15 is 0 Å². The molecule has 1 aromatic heterocycles. The van der Waals surface area contributed by atoms with Gasteiger partial charge in [-0.2, -0.15) is 0 Å². The molecule has 0 spiro atoms. The monoisotopic (exact) mass is 371 g/mol. The zero-order chi connectivity index (χ0) is 17.4. The molecular formula is C17H22ClNO2S2. The summed E-state index contributed by atoms with van der Waals surface area (Å²) in [5.41, 5.74) is 3.09. The quantitative estimate of drug-likeness (QED) is 0.529. The summed E-state index contributed by atoms with van der Waals surface area (Å²) in [4.78, 5) is 13.7. The van der Waals surface area contributed by atoms with Crippen LogP contribution in [0.5, 0.6) is 0 Å². The normalized spacial score (nSPS) is 10.0. The average molecular weight is 372 g/mol. The Kier molecular flexibility index (Phi) is 8.69. The number of thiophene rings is 1. The smallest absolute Gasteiger partial charge is 0.153 e. The summed E-state index contributed by atoms with van der Waals surface area (Å²) in [6, 6.07) is 5.92. The topological polar surface area (TPSA) is 49.3 Å². The first-order valence-corrected chi connectivity index (χ1v) is 9.34. The number of aldehydes is 1. The molecule has 6 heteroatoms. The molecular weight excluding hydrogens is 350 g/mol. The lowest BCUT2D eigenvalue weighted by atomic mass is 10.1. The lowest BCUT2D eigenvalue weighted by Gasteiger charge is -2.06. The maximum atomic E-state index is 11.4. The molecule has 0 bridgehead atoms. The highest BCUT2D eigenvalue weighted by Gasteiger charge is 2.15. The van der Waals surface area contributed by atoms with E-state index in [2.05, 4.69) is 24.6 Å². The van der Waals surface area contributed by atoms with Crippen molar-refractivity contribution in [2.24, 2.45) is 0 Å². The molecule has 0 aliphatic carbocycles. The molecule has 0 amide bonds. The van der Waals surface area contributed by atoms with Crippen molar-refractivity contribution >= 4 is 46.2 Å². The first kappa shape index (κ1) is 20.0. The van der Waals surface area contributed by atoms with Gasteiger partial charge in [0, 0.05) is 21.9 Å². The number of aryl methyl sites for hydroxylation is 2. The van der Waals surface area contributed by atoms with Gasteiger partial charge in [0.05, 0.1) is 5.56 Å². The number of carbonyl (C=O) groups excluding carboxylic acids is 1.